The number of hydrogen-bond donors (Lipinski definition) is 1. The van der Waals surface area contributed by atoms with Gasteiger partial charge in [0.1, 0.15) is 0 Å². The van der Waals surface area contributed by atoms with Crippen LogP contribution in [-0.2, 0) is 4.79 Å². The van der Waals surface area contributed by atoms with Crippen LogP contribution >= 0.6 is 38.9 Å². The fraction of sp³-hybridized carbons (Fsp3) is 0.455. The van der Waals surface area contributed by atoms with Crippen molar-refractivity contribution < 1.29 is 9.59 Å². The summed E-state index contributed by atoms with van der Waals surface area (Å²) in [6, 6.07) is 3.25. The maximum absolute atomic E-state index is 10.9. The summed E-state index contributed by atoms with van der Waals surface area (Å²) in [5, 5.41) is 0.479. The maximum atomic E-state index is 10.9. The van der Waals surface area contributed by atoms with Gasteiger partial charge in [-0.25, -0.2) is 0 Å². The van der Waals surface area contributed by atoms with Crippen LogP contribution < -0.4 is 5.73 Å². The van der Waals surface area contributed by atoms with E-state index in [1.807, 2.05) is 4.90 Å². The second-order valence-electron chi connectivity index (χ2n) is 3.69. The summed E-state index contributed by atoms with van der Waals surface area (Å²) in [4.78, 5) is 23.7. The van der Waals surface area contributed by atoms with Gasteiger partial charge in [-0.2, -0.15) is 0 Å². The molecular weight excluding hydrogens is 340 g/mol. The maximum Gasteiger partial charge on any atom is 0.258 e. The van der Waals surface area contributed by atoms with Gasteiger partial charge in [-0.15, -0.1) is 11.3 Å². The Kier molecular flexibility index (Phi) is 6.67. The zero-order chi connectivity index (χ0) is 13.5. The average molecular weight is 354 g/mol. The van der Waals surface area contributed by atoms with Crippen molar-refractivity contribution in [3.8, 4) is 0 Å². The third-order valence-electron chi connectivity index (χ3n) is 2.39. The molecule has 1 fully saturated rings. The van der Waals surface area contributed by atoms with Gasteiger partial charge in [0.15, 0.2) is 0 Å². The molecule has 4 nitrogen and oxygen atoms in total. The summed E-state index contributed by atoms with van der Waals surface area (Å²) >= 11 is 9.84. The number of nitrogens with two attached hydrogens (primary N) is 1. The predicted molar refractivity (Wildman–Crippen MR) is 77.5 cm³/mol. The van der Waals surface area contributed by atoms with E-state index in [1.54, 1.807) is 12.1 Å². The molecule has 0 spiro atoms. The Bertz CT molecular complexity index is 419. The molecule has 0 bridgehead atoms. The molecule has 1 aromatic heterocycles. The molecule has 0 unspecified atom stereocenters. The number of halogens is 2. The van der Waals surface area contributed by atoms with Gasteiger partial charge in [-0.3, -0.25) is 9.59 Å². The normalized spacial score (nSPS) is 14.0. The minimum Gasteiger partial charge on any atom is -0.365 e. The van der Waals surface area contributed by atoms with Crippen molar-refractivity contribution in [3.05, 3.63) is 21.3 Å². The van der Waals surface area contributed by atoms with E-state index in [9.17, 15) is 9.59 Å². The van der Waals surface area contributed by atoms with E-state index < -0.39 is 5.91 Å². The van der Waals surface area contributed by atoms with Gasteiger partial charge in [0, 0.05) is 13.1 Å². The topological polar surface area (TPSA) is 63.4 Å². The number of carbonyl (C=O) groups excluding carboxylic acids is 2. The van der Waals surface area contributed by atoms with Crippen molar-refractivity contribution in [2.45, 2.75) is 12.8 Å². The lowest BCUT2D eigenvalue weighted by molar-refractivity contribution is -0.127. The summed E-state index contributed by atoms with van der Waals surface area (Å²) in [6.07, 6.45) is 2.36. The molecule has 1 aliphatic heterocycles. The second-order valence-corrected chi connectivity index (χ2v) is 5.97. The van der Waals surface area contributed by atoms with Crippen molar-refractivity contribution in [1.82, 2.24) is 4.90 Å². The molecule has 1 aromatic rings. The highest BCUT2D eigenvalue weighted by atomic mass is 79.9. The number of nitrogens with zero attached hydrogens (tertiary/aromatic N) is 1. The SMILES string of the molecule is NC(=O)c1ccc(Cl)s1.O=C(CBr)N1CCCC1. The van der Waals surface area contributed by atoms with E-state index in [4.69, 9.17) is 17.3 Å². The molecule has 0 atom stereocenters. The largest absolute Gasteiger partial charge is 0.365 e. The van der Waals surface area contributed by atoms with Gasteiger partial charge in [-0.1, -0.05) is 27.5 Å². The fourth-order valence-corrected chi connectivity index (χ4v) is 2.75. The lowest BCUT2D eigenvalue weighted by Gasteiger charge is -2.12. The number of rotatable bonds is 2. The first-order valence-electron chi connectivity index (χ1n) is 5.43. The van der Waals surface area contributed by atoms with Crippen LogP contribution in [0.15, 0.2) is 12.1 Å². The standard InChI is InChI=1S/C6H10BrNO.C5H4ClNOS/c7-5-6(9)8-3-1-2-4-8;6-4-2-1-3(9-4)5(7)8/h1-5H2;1-2H,(H2,7,8). The molecule has 18 heavy (non-hydrogen) atoms. The molecule has 7 heteroatoms. The number of thiophene rings is 1. The Hall–Kier alpha value is -0.590. The number of likely N-dealkylation sites (tertiary alicyclic amines) is 1. The first-order chi connectivity index (χ1) is 8.54. The molecule has 2 N–H and O–H groups in total. The quantitative estimate of drug-likeness (QED) is 0.830. The minimum atomic E-state index is -0.424. The molecular formula is C11H14BrClN2O2S. The van der Waals surface area contributed by atoms with Crippen LogP contribution in [0.5, 0.6) is 0 Å². The molecule has 2 heterocycles. The first kappa shape index (κ1) is 15.5. The molecule has 1 saturated heterocycles. The van der Waals surface area contributed by atoms with E-state index in [0.717, 1.165) is 13.1 Å². The number of carbonyl (C=O) groups is 2. The monoisotopic (exact) mass is 352 g/mol. The zero-order valence-electron chi connectivity index (χ0n) is 9.70. The van der Waals surface area contributed by atoms with E-state index in [0.29, 0.717) is 14.5 Å². The molecule has 0 aromatic carbocycles. The van der Waals surface area contributed by atoms with E-state index in [1.165, 1.54) is 24.2 Å². The van der Waals surface area contributed by atoms with Crippen molar-refractivity contribution >= 4 is 50.7 Å². The van der Waals surface area contributed by atoms with Crippen LogP contribution in [0.2, 0.25) is 4.34 Å². The first-order valence-corrected chi connectivity index (χ1v) is 7.75. The second kappa shape index (κ2) is 7.76. The van der Waals surface area contributed by atoms with E-state index >= 15 is 0 Å². The van der Waals surface area contributed by atoms with Crippen molar-refractivity contribution in [3.63, 3.8) is 0 Å². The lowest BCUT2D eigenvalue weighted by Crippen LogP contribution is -2.28. The van der Waals surface area contributed by atoms with Gasteiger partial charge in [0.05, 0.1) is 14.5 Å². The fourth-order valence-electron chi connectivity index (χ4n) is 1.50. The molecule has 2 amide bonds. The van der Waals surface area contributed by atoms with Crippen LogP contribution in [-0.4, -0.2) is 35.1 Å². The number of alkyl halides is 1. The van der Waals surface area contributed by atoms with Crippen molar-refractivity contribution in [1.29, 1.82) is 0 Å². The van der Waals surface area contributed by atoms with Crippen molar-refractivity contribution in [2.75, 3.05) is 18.4 Å². The van der Waals surface area contributed by atoms with Crippen LogP contribution in [0.1, 0.15) is 22.5 Å². The molecule has 2 rings (SSSR count). The van der Waals surface area contributed by atoms with E-state index in [-0.39, 0.29) is 5.91 Å². The lowest BCUT2D eigenvalue weighted by atomic mass is 10.4. The third-order valence-corrected chi connectivity index (χ3v) is 4.11. The van der Waals surface area contributed by atoms with Gasteiger partial charge in [0.25, 0.3) is 5.91 Å². The predicted octanol–water partition coefficient (Wildman–Crippen LogP) is 2.50. The van der Waals surface area contributed by atoms with Crippen LogP contribution in [0.25, 0.3) is 0 Å². The summed E-state index contributed by atoms with van der Waals surface area (Å²) < 4.78 is 0.587. The highest BCUT2D eigenvalue weighted by Crippen LogP contribution is 2.20. The molecule has 1 aliphatic rings. The van der Waals surface area contributed by atoms with Gasteiger partial charge >= 0.3 is 0 Å². The smallest absolute Gasteiger partial charge is 0.258 e. The zero-order valence-corrected chi connectivity index (χ0v) is 12.9. The van der Waals surface area contributed by atoms with E-state index in [2.05, 4.69) is 15.9 Å². The summed E-state index contributed by atoms with van der Waals surface area (Å²) in [7, 11) is 0. The summed E-state index contributed by atoms with van der Waals surface area (Å²) in [6.45, 7) is 1.93. The van der Waals surface area contributed by atoms with Crippen LogP contribution in [0.3, 0.4) is 0 Å². The summed E-state index contributed by atoms with van der Waals surface area (Å²) in [5.74, 6) is -0.195. The molecule has 100 valence electrons. The Balaban J connectivity index is 0.000000180. The Morgan fingerprint density at radius 2 is 2.00 bits per heavy atom. The van der Waals surface area contributed by atoms with Gasteiger partial charge in [0.2, 0.25) is 5.91 Å². The highest BCUT2D eigenvalue weighted by molar-refractivity contribution is 9.09. The number of primary amides is 1. The number of amides is 2. The molecule has 0 aliphatic carbocycles. The Morgan fingerprint density at radius 3 is 2.33 bits per heavy atom. The van der Waals surface area contributed by atoms with Crippen LogP contribution in [0.4, 0.5) is 0 Å². The average Bonchev–Trinajstić information content (AvgIpc) is 2.99. The van der Waals surface area contributed by atoms with Crippen LogP contribution in [0, 0.1) is 0 Å². The van der Waals surface area contributed by atoms with Crippen molar-refractivity contribution in [2.24, 2.45) is 5.73 Å². The summed E-state index contributed by atoms with van der Waals surface area (Å²) in [5.41, 5.74) is 4.94. The Labute approximate surface area is 123 Å². The van der Waals surface area contributed by atoms with Gasteiger partial charge < -0.3 is 10.6 Å². The highest BCUT2D eigenvalue weighted by Gasteiger charge is 2.15. The molecule has 0 saturated carbocycles. The minimum absolute atomic E-state index is 0.229. The Morgan fingerprint density at radius 1 is 1.39 bits per heavy atom. The van der Waals surface area contributed by atoms with Gasteiger partial charge in [-0.05, 0) is 25.0 Å². The molecule has 0 radical (unpaired) electrons. The third kappa shape index (κ3) is 4.96. The number of hydrogen-bond acceptors (Lipinski definition) is 3.